The van der Waals surface area contributed by atoms with Gasteiger partial charge in [0, 0.05) is 18.5 Å². The summed E-state index contributed by atoms with van der Waals surface area (Å²) >= 11 is 1.39. The van der Waals surface area contributed by atoms with Gasteiger partial charge in [-0.05, 0) is 57.8 Å². The van der Waals surface area contributed by atoms with Gasteiger partial charge in [0.1, 0.15) is 6.04 Å². The van der Waals surface area contributed by atoms with Crippen LogP contribution in [0.1, 0.15) is 43.4 Å². The number of aromatic nitrogens is 1. The fourth-order valence-electron chi connectivity index (χ4n) is 4.11. The van der Waals surface area contributed by atoms with Crippen LogP contribution in [0.15, 0.2) is 34.5 Å². The van der Waals surface area contributed by atoms with Crippen molar-refractivity contribution in [3.05, 3.63) is 40.9 Å². The normalized spacial score (nSPS) is 21.0. The molecule has 1 N–H and O–H groups in total. The monoisotopic (exact) mass is 448 g/mol. The maximum atomic E-state index is 13.1. The quantitative estimate of drug-likeness (QED) is 0.734. The third-order valence-electron chi connectivity index (χ3n) is 5.75. The molecule has 4 rings (SSSR count). The number of hydrogen-bond donors (Lipinski definition) is 1. The number of rotatable bonds is 6. The highest BCUT2D eigenvalue weighted by atomic mass is 32.2. The van der Waals surface area contributed by atoms with Crippen LogP contribution in [0, 0.1) is 6.92 Å². The summed E-state index contributed by atoms with van der Waals surface area (Å²) in [4.78, 5) is 20.1. The molecule has 0 bridgehead atoms. The van der Waals surface area contributed by atoms with E-state index in [1.807, 2.05) is 12.3 Å². The minimum atomic E-state index is -3.71. The van der Waals surface area contributed by atoms with Gasteiger partial charge < -0.3 is 5.32 Å². The molecule has 0 radical (unpaired) electrons. The Balaban J connectivity index is 1.42. The molecule has 0 aliphatic carbocycles. The van der Waals surface area contributed by atoms with E-state index in [4.69, 9.17) is 0 Å². The topological polar surface area (TPSA) is 82.6 Å². The summed E-state index contributed by atoms with van der Waals surface area (Å²) in [6, 6.07) is 6.05. The summed E-state index contributed by atoms with van der Waals surface area (Å²) in [6.07, 6.45) is 4.92. The van der Waals surface area contributed by atoms with E-state index in [0.29, 0.717) is 24.5 Å². The molecular formula is C21H28N4O3S2. The predicted molar refractivity (Wildman–Crippen MR) is 118 cm³/mol. The molecule has 0 unspecified atom stereocenters. The van der Waals surface area contributed by atoms with E-state index in [0.717, 1.165) is 30.9 Å². The molecule has 2 fully saturated rings. The molecule has 1 atom stereocenters. The van der Waals surface area contributed by atoms with Crippen molar-refractivity contribution in [2.45, 2.75) is 56.5 Å². The lowest BCUT2D eigenvalue weighted by Gasteiger charge is -2.25. The lowest BCUT2D eigenvalue weighted by molar-refractivity contribution is -0.119. The highest BCUT2D eigenvalue weighted by Crippen LogP contribution is 2.28. The van der Waals surface area contributed by atoms with Gasteiger partial charge >= 0.3 is 0 Å². The lowest BCUT2D eigenvalue weighted by atomic mass is 10.1. The molecule has 1 aromatic carbocycles. The average molecular weight is 449 g/mol. The van der Waals surface area contributed by atoms with E-state index in [1.165, 1.54) is 34.9 Å². The van der Waals surface area contributed by atoms with Crippen LogP contribution >= 0.6 is 11.3 Å². The number of carbonyl (C=O) groups is 1. The van der Waals surface area contributed by atoms with Crippen molar-refractivity contribution >= 4 is 32.4 Å². The zero-order chi connectivity index (χ0) is 21.1. The minimum absolute atomic E-state index is 0.228. The Morgan fingerprint density at radius 3 is 2.60 bits per heavy atom. The van der Waals surface area contributed by atoms with Crippen LogP contribution in [0.4, 0.5) is 5.13 Å². The van der Waals surface area contributed by atoms with Crippen molar-refractivity contribution in [1.82, 2.24) is 14.2 Å². The number of anilines is 1. The highest BCUT2D eigenvalue weighted by molar-refractivity contribution is 7.89. The molecule has 1 amide bonds. The second-order valence-corrected chi connectivity index (χ2v) is 10.8. The van der Waals surface area contributed by atoms with Crippen molar-refractivity contribution in [2.24, 2.45) is 0 Å². The van der Waals surface area contributed by atoms with Crippen molar-refractivity contribution in [2.75, 3.05) is 25.0 Å². The summed E-state index contributed by atoms with van der Waals surface area (Å²) in [6.45, 7) is 5.24. The fraction of sp³-hybridized carbons (Fsp3) is 0.524. The summed E-state index contributed by atoms with van der Waals surface area (Å²) in [7, 11) is -3.71. The van der Waals surface area contributed by atoms with Crippen LogP contribution in [-0.2, 0) is 21.4 Å². The van der Waals surface area contributed by atoms with E-state index in [1.54, 1.807) is 24.3 Å². The number of benzene rings is 1. The average Bonchev–Trinajstić information content (AvgIpc) is 3.39. The molecule has 3 heterocycles. The molecule has 30 heavy (non-hydrogen) atoms. The van der Waals surface area contributed by atoms with Gasteiger partial charge in [-0.1, -0.05) is 24.1 Å². The number of sulfonamides is 1. The number of hydrogen-bond acceptors (Lipinski definition) is 6. The molecule has 9 heteroatoms. The number of aryl methyl sites for hydroxylation is 1. The first-order valence-corrected chi connectivity index (χ1v) is 12.8. The van der Waals surface area contributed by atoms with E-state index >= 15 is 0 Å². The van der Waals surface area contributed by atoms with Crippen LogP contribution in [0.5, 0.6) is 0 Å². The second-order valence-electron chi connectivity index (χ2n) is 8.06. The maximum Gasteiger partial charge on any atom is 0.244 e. The van der Waals surface area contributed by atoms with Gasteiger partial charge in [-0.25, -0.2) is 13.4 Å². The Hall–Kier alpha value is -1.81. The second kappa shape index (κ2) is 9.13. The fourth-order valence-corrected chi connectivity index (χ4v) is 6.47. The SMILES string of the molecule is Cc1ccc(S(=O)(=O)N2CCC[C@H]2C(=O)Nc2nc(CN3CCCCC3)cs2)cc1. The van der Waals surface area contributed by atoms with Gasteiger partial charge in [-0.2, -0.15) is 4.31 Å². The highest BCUT2D eigenvalue weighted by Gasteiger charge is 2.39. The van der Waals surface area contributed by atoms with Crippen molar-refractivity contribution in [3.63, 3.8) is 0 Å². The van der Waals surface area contributed by atoms with Gasteiger partial charge in [0.2, 0.25) is 15.9 Å². The third kappa shape index (κ3) is 4.74. The zero-order valence-electron chi connectivity index (χ0n) is 17.2. The Kier molecular flexibility index (Phi) is 6.52. The Labute approximate surface area is 182 Å². The molecule has 1 aromatic heterocycles. The molecule has 0 saturated carbocycles. The molecule has 2 aliphatic heterocycles. The molecule has 2 aromatic rings. The molecular weight excluding hydrogens is 420 g/mol. The summed E-state index contributed by atoms with van der Waals surface area (Å²) < 4.78 is 27.5. The summed E-state index contributed by atoms with van der Waals surface area (Å²) in [5.74, 6) is -0.304. The minimum Gasteiger partial charge on any atom is -0.301 e. The van der Waals surface area contributed by atoms with Gasteiger partial charge in [0.05, 0.1) is 10.6 Å². The van der Waals surface area contributed by atoms with Crippen LogP contribution < -0.4 is 5.32 Å². The van der Waals surface area contributed by atoms with Crippen LogP contribution in [0.2, 0.25) is 0 Å². The van der Waals surface area contributed by atoms with Crippen molar-refractivity contribution < 1.29 is 13.2 Å². The van der Waals surface area contributed by atoms with Gasteiger partial charge in [0.25, 0.3) is 0 Å². The standard InChI is InChI=1S/C21H28N4O3S2/c1-16-7-9-18(10-8-16)30(27,28)25-13-5-6-19(25)20(26)23-21-22-17(15-29-21)14-24-11-3-2-4-12-24/h7-10,15,19H,2-6,11-14H2,1H3,(H,22,23,26)/t19-/m0/s1. The van der Waals surface area contributed by atoms with Gasteiger partial charge in [0.15, 0.2) is 5.13 Å². The molecule has 2 aliphatic rings. The number of likely N-dealkylation sites (tertiary alicyclic amines) is 1. The molecule has 0 spiro atoms. The number of piperidine rings is 1. The first kappa shape index (κ1) is 21.4. The number of nitrogens with zero attached hydrogens (tertiary/aromatic N) is 3. The van der Waals surface area contributed by atoms with Gasteiger partial charge in [-0.15, -0.1) is 11.3 Å². The summed E-state index contributed by atoms with van der Waals surface area (Å²) in [5, 5.41) is 5.35. The van der Waals surface area contributed by atoms with Crippen LogP contribution in [0.3, 0.4) is 0 Å². The number of nitrogens with one attached hydrogen (secondary N) is 1. The number of carbonyl (C=O) groups excluding carboxylic acids is 1. The van der Waals surface area contributed by atoms with Crippen molar-refractivity contribution in [3.8, 4) is 0 Å². The van der Waals surface area contributed by atoms with Crippen molar-refractivity contribution in [1.29, 1.82) is 0 Å². The Bertz CT molecular complexity index is 982. The van der Waals surface area contributed by atoms with E-state index in [-0.39, 0.29) is 10.8 Å². The smallest absolute Gasteiger partial charge is 0.244 e. The molecule has 2 saturated heterocycles. The molecule has 162 valence electrons. The van der Waals surface area contributed by atoms with E-state index in [2.05, 4.69) is 15.2 Å². The van der Waals surface area contributed by atoms with Crippen LogP contribution in [-0.4, -0.2) is 54.2 Å². The first-order valence-electron chi connectivity index (χ1n) is 10.5. The summed E-state index contributed by atoms with van der Waals surface area (Å²) in [5.41, 5.74) is 1.95. The number of thiazole rings is 1. The van der Waals surface area contributed by atoms with E-state index in [9.17, 15) is 13.2 Å². The largest absolute Gasteiger partial charge is 0.301 e. The van der Waals surface area contributed by atoms with Gasteiger partial charge in [-0.3, -0.25) is 9.69 Å². The van der Waals surface area contributed by atoms with Crippen LogP contribution in [0.25, 0.3) is 0 Å². The third-order valence-corrected chi connectivity index (χ3v) is 8.48. The van der Waals surface area contributed by atoms with E-state index < -0.39 is 16.1 Å². The number of amides is 1. The Morgan fingerprint density at radius 2 is 1.87 bits per heavy atom. The predicted octanol–water partition coefficient (Wildman–Crippen LogP) is 3.23. The lowest BCUT2D eigenvalue weighted by Crippen LogP contribution is -2.43. The maximum absolute atomic E-state index is 13.1. The Morgan fingerprint density at radius 1 is 1.13 bits per heavy atom. The molecule has 7 nitrogen and oxygen atoms in total. The zero-order valence-corrected chi connectivity index (χ0v) is 18.8. The first-order chi connectivity index (χ1) is 14.4.